The molecule has 1 aliphatic heterocycles. The van der Waals surface area contributed by atoms with E-state index in [9.17, 15) is 9.59 Å². The van der Waals surface area contributed by atoms with Crippen LogP contribution in [0.2, 0.25) is 0 Å². The Morgan fingerprint density at radius 1 is 1.00 bits per heavy atom. The van der Waals surface area contributed by atoms with Crippen molar-refractivity contribution in [2.45, 2.75) is 59.3 Å². The molecule has 2 amide bonds. The fraction of sp³-hybridized carbons (Fsp3) is 0.500. The smallest absolute Gasteiger partial charge is 0.238 e. The molecule has 0 unspecified atom stereocenters. The zero-order chi connectivity index (χ0) is 23.3. The number of amides is 2. The van der Waals surface area contributed by atoms with Crippen LogP contribution in [0.15, 0.2) is 36.5 Å². The summed E-state index contributed by atoms with van der Waals surface area (Å²) in [4.78, 5) is 31.8. The molecule has 2 heterocycles. The number of pyridine rings is 1. The van der Waals surface area contributed by atoms with Gasteiger partial charge in [0.25, 0.3) is 0 Å². The summed E-state index contributed by atoms with van der Waals surface area (Å²) in [7, 11) is 0. The van der Waals surface area contributed by atoms with Crippen molar-refractivity contribution in [3.8, 4) is 0 Å². The molecule has 1 saturated heterocycles. The third-order valence-corrected chi connectivity index (χ3v) is 6.13. The van der Waals surface area contributed by atoms with Gasteiger partial charge >= 0.3 is 0 Å². The number of carbonyl (C=O) groups excluding carboxylic acids is 2. The van der Waals surface area contributed by atoms with Gasteiger partial charge in [0.05, 0.1) is 6.54 Å². The average Bonchev–Trinajstić information content (AvgIpc) is 2.75. The Morgan fingerprint density at radius 2 is 1.62 bits per heavy atom. The summed E-state index contributed by atoms with van der Waals surface area (Å²) in [6.45, 7) is 12.4. The first-order chi connectivity index (χ1) is 15.2. The van der Waals surface area contributed by atoms with Crippen LogP contribution in [0, 0.1) is 12.8 Å². The quantitative estimate of drug-likeness (QED) is 0.646. The minimum Gasteiger partial charge on any atom is -0.324 e. The Kier molecular flexibility index (Phi) is 8.02. The first kappa shape index (κ1) is 23.9. The van der Waals surface area contributed by atoms with Crippen molar-refractivity contribution >= 4 is 23.3 Å². The van der Waals surface area contributed by atoms with Gasteiger partial charge in [0, 0.05) is 17.8 Å². The van der Waals surface area contributed by atoms with Crippen LogP contribution in [0.1, 0.15) is 69.1 Å². The molecule has 1 fully saturated rings. The van der Waals surface area contributed by atoms with Gasteiger partial charge in [0.2, 0.25) is 11.8 Å². The Bertz CT molecular complexity index is 903. The topological polar surface area (TPSA) is 74.3 Å². The maximum absolute atomic E-state index is 12.9. The summed E-state index contributed by atoms with van der Waals surface area (Å²) >= 11 is 0. The second-order valence-corrected chi connectivity index (χ2v) is 9.43. The molecule has 6 nitrogen and oxygen atoms in total. The number of hydrogen-bond donors (Lipinski definition) is 2. The van der Waals surface area contributed by atoms with E-state index in [1.165, 1.54) is 11.1 Å². The molecule has 2 N–H and O–H groups in total. The minimum atomic E-state index is -0.0494. The van der Waals surface area contributed by atoms with Crippen molar-refractivity contribution in [1.82, 2.24) is 9.88 Å². The summed E-state index contributed by atoms with van der Waals surface area (Å²) < 4.78 is 0. The maximum Gasteiger partial charge on any atom is 0.238 e. The van der Waals surface area contributed by atoms with Crippen molar-refractivity contribution < 1.29 is 9.59 Å². The number of benzene rings is 1. The standard InChI is InChI=1S/C26H36N4O2/c1-17(2)21-7-6-8-22(18(3)4)25(21)29-24(31)16-30-13-11-20(12-14-30)26(32)28-23-10-9-19(5)15-27-23/h6-10,15,17-18,20H,11-14,16H2,1-5H3,(H,29,31)(H,27,28,32). The van der Waals surface area contributed by atoms with Gasteiger partial charge in [0.1, 0.15) is 5.82 Å². The van der Waals surface area contributed by atoms with E-state index in [0.29, 0.717) is 24.2 Å². The SMILES string of the molecule is Cc1ccc(NC(=O)C2CCN(CC(=O)Nc3c(C(C)C)cccc3C(C)C)CC2)nc1. The lowest BCUT2D eigenvalue weighted by atomic mass is 9.92. The second kappa shape index (κ2) is 10.7. The molecular formula is C26H36N4O2. The van der Waals surface area contributed by atoms with E-state index in [1.807, 2.05) is 19.1 Å². The molecule has 172 valence electrons. The first-order valence-corrected chi connectivity index (χ1v) is 11.6. The summed E-state index contributed by atoms with van der Waals surface area (Å²) in [5.41, 5.74) is 4.36. The van der Waals surface area contributed by atoms with Gasteiger partial charge in [-0.2, -0.15) is 0 Å². The number of rotatable bonds is 7. The van der Waals surface area contributed by atoms with E-state index >= 15 is 0 Å². The van der Waals surface area contributed by atoms with Crippen LogP contribution in [0.5, 0.6) is 0 Å². The highest BCUT2D eigenvalue weighted by Gasteiger charge is 2.26. The largest absolute Gasteiger partial charge is 0.324 e. The lowest BCUT2D eigenvalue weighted by Gasteiger charge is -2.31. The number of nitrogens with zero attached hydrogens (tertiary/aromatic N) is 2. The molecule has 2 aromatic rings. The van der Waals surface area contributed by atoms with Gasteiger partial charge in [-0.1, -0.05) is 52.0 Å². The Balaban J connectivity index is 1.54. The van der Waals surface area contributed by atoms with Gasteiger partial charge in [-0.05, 0) is 67.4 Å². The molecule has 0 radical (unpaired) electrons. The van der Waals surface area contributed by atoms with Crippen molar-refractivity contribution in [2.75, 3.05) is 30.3 Å². The number of carbonyl (C=O) groups is 2. The summed E-state index contributed by atoms with van der Waals surface area (Å²) in [5, 5.41) is 6.10. The van der Waals surface area contributed by atoms with Crippen LogP contribution < -0.4 is 10.6 Å². The summed E-state index contributed by atoms with van der Waals surface area (Å²) in [5.74, 6) is 1.23. The van der Waals surface area contributed by atoms with Crippen molar-refractivity contribution in [2.24, 2.45) is 5.92 Å². The van der Waals surface area contributed by atoms with E-state index in [1.54, 1.807) is 6.20 Å². The Labute approximate surface area is 191 Å². The molecule has 0 bridgehead atoms. The van der Waals surface area contributed by atoms with Gasteiger partial charge in [-0.25, -0.2) is 4.98 Å². The fourth-order valence-electron chi connectivity index (χ4n) is 4.20. The number of likely N-dealkylation sites (tertiary alicyclic amines) is 1. The van der Waals surface area contributed by atoms with E-state index in [-0.39, 0.29) is 17.7 Å². The van der Waals surface area contributed by atoms with Crippen LogP contribution >= 0.6 is 0 Å². The number of nitrogens with one attached hydrogen (secondary N) is 2. The lowest BCUT2D eigenvalue weighted by molar-refractivity contribution is -0.121. The predicted octanol–water partition coefficient (Wildman–Crippen LogP) is 4.93. The first-order valence-electron chi connectivity index (χ1n) is 11.6. The predicted molar refractivity (Wildman–Crippen MR) is 130 cm³/mol. The van der Waals surface area contributed by atoms with Crippen LogP contribution in [0.4, 0.5) is 11.5 Å². The molecule has 0 spiro atoms. The van der Waals surface area contributed by atoms with Crippen LogP contribution in [0.25, 0.3) is 0 Å². The maximum atomic E-state index is 12.9. The molecular weight excluding hydrogens is 400 g/mol. The van der Waals surface area contributed by atoms with Gasteiger partial charge < -0.3 is 10.6 Å². The van der Waals surface area contributed by atoms with Crippen LogP contribution in [0.3, 0.4) is 0 Å². The van der Waals surface area contributed by atoms with Crippen molar-refractivity contribution in [3.63, 3.8) is 0 Å². The highest BCUT2D eigenvalue weighted by atomic mass is 16.2. The number of aromatic nitrogens is 1. The number of para-hydroxylation sites is 1. The Hall–Kier alpha value is -2.73. The van der Waals surface area contributed by atoms with E-state index in [2.05, 4.69) is 66.4 Å². The normalized spacial score (nSPS) is 15.2. The molecule has 32 heavy (non-hydrogen) atoms. The Morgan fingerprint density at radius 3 is 2.16 bits per heavy atom. The average molecular weight is 437 g/mol. The van der Waals surface area contributed by atoms with E-state index < -0.39 is 0 Å². The van der Waals surface area contributed by atoms with E-state index in [0.717, 1.165) is 37.2 Å². The molecule has 0 aliphatic carbocycles. The minimum absolute atomic E-state index is 0.00626. The third-order valence-electron chi connectivity index (χ3n) is 6.13. The van der Waals surface area contributed by atoms with Crippen molar-refractivity contribution in [3.05, 3.63) is 53.2 Å². The van der Waals surface area contributed by atoms with Crippen LogP contribution in [-0.2, 0) is 9.59 Å². The lowest BCUT2D eigenvalue weighted by Crippen LogP contribution is -2.42. The summed E-state index contributed by atoms with van der Waals surface area (Å²) in [6, 6.07) is 10.0. The number of anilines is 2. The molecule has 0 saturated carbocycles. The molecule has 1 aromatic carbocycles. The van der Waals surface area contributed by atoms with Gasteiger partial charge in [-0.3, -0.25) is 14.5 Å². The molecule has 1 aromatic heterocycles. The number of hydrogen-bond acceptors (Lipinski definition) is 4. The molecule has 6 heteroatoms. The van der Waals surface area contributed by atoms with Crippen molar-refractivity contribution in [1.29, 1.82) is 0 Å². The number of aryl methyl sites for hydroxylation is 1. The van der Waals surface area contributed by atoms with Crippen LogP contribution in [-0.4, -0.2) is 41.3 Å². The summed E-state index contributed by atoms with van der Waals surface area (Å²) in [6.07, 6.45) is 3.23. The molecule has 0 atom stereocenters. The molecule has 1 aliphatic rings. The second-order valence-electron chi connectivity index (χ2n) is 9.43. The number of piperidine rings is 1. The fourth-order valence-corrected chi connectivity index (χ4v) is 4.20. The zero-order valence-corrected chi connectivity index (χ0v) is 19.9. The van der Waals surface area contributed by atoms with Gasteiger partial charge in [-0.15, -0.1) is 0 Å². The zero-order valence-electron chi connectivity index (χ0n) is 19.9. The van der Waals surface area contributed by atoms with E-state index in [4.69, 9.17) is 0 Å². The monoisotopic (exact) mass is 436 g/mol. The highest BCUT2D eigenvalue weighted by Crippen LogP contribution is 2.32. The van der Waals surface area contributed by atoms with Gasteiger partial charge in [0.15, 0.2) is 0 Å². The third kappa shape index (κ3) is 6.16. The highest BCUT2D eigenvalue weighted by molar-refractivity contribution is 5.94. The molecule has 3 rings (SSSR count).